The molecule has 152 valence electrons. The lowest BCUT2D eigenvalue weighted by Crippen LogP contribution is -2.60. The highest BCUT2D eigenvalue weighted by molar-refractivity contribution is 5.89. The van der Waals surface area contributed by atoms with E-state index >= 15 is 0 Å². The first-order valence-corrected chi connectivity index (χ1v) is 8.59. The van der Waals surface area contributed by atoms with Gasteiger partial charge < -0.3 is 44.1 Å². The molecule has 2 fully saturated rings. The third-order valence-corrected chi connectivity index (χ3v) is 5.08. The molecule has 0 aromatic carbocycles. The van der Waals surface area contributed by atoms with Gasteiger partial charge in [-0.2, -0.15) is 0 Å². The molecule has 9 atom stereocenters. The van der Waals surface area contributed by atoms with Gasteiger partial charge in [-0.3, -0.25) is 0 Å². The molecule has 0 spiro atoms. The fraction of sp³-hybridized carbons (Fsp3) is 0.706. The molecule has 0 saturated carbocycles. The maximum atomic E-state index is 12.1. The van der Waals surface area contributed by atoms with Crippen LogP contribution in [0.3, 0.4) is 0 Å². The van der Waals surface area contributed by atoms with Gasteiger partial charge in [0, 0.05) is 25.4 Å². The molecular formula is C17H24O10. The lowest BCUT2D eigenvalue weighted by molar-refractivity contribution is -0.340. The van der Waals surface area contributed by atoms with E-state index in [-0.39, 0.29) is 5.92 Å². The molecule has 0 radical (unpaired) electrons. The Kier molecular flexibility index (Phi) is 6.16. The number of esters is 1. The number of carbonyl (C=O) groups excluding carboxylic acids is 1. The number of aliphatic hydroxyl groups excluding tert-OH is 4. The van der Waals surface area contributed by atoms with Crippen LogP contribution >= 0.6 is 0 Å². The van der Waals surface area contributed by atoms with Crippen molar-refractivity contribution >= 4 is 5.97 Å². The van der Waals surface area contributed by atoms with Gasteiger partial charge in [0.2, 0.25) is 12.6 Å². The molecule has 4 N–H and O–H groups in total. The first-order chi connectivity index (χ1) is 12.9. The van der Waals surface area contributed by atoms with E-state index in [2.05, 4.69) is 6.58 Å². The van der Waals surface area contributed by atoms with Crippen molar-refractivity contribution in [1.29, 1.82) is 0 Å². The van der Waals surface area contributed by atoms with Gasteiger partial charge in [-0.15, -0.1) is 6.58 Å². The van der Waals surface area contributed by atoms with Crippen molar-refractivity contribution in [1.82, 2.24) is 0 Å². The zero-order chi connectivity index (χ0) is 19.7. The third-order valence-electron chi connectivity index (χ3n) is 5.08. The third kappa shape index (κ3) is 3.74. The molecule has 27 heavy (non-hydrogen) atoms. The first-order valence-electron chi connectivity index (χ1n) is 8.59. The van der Waals surface area contributed by atoms with Crippen molar-refractivity contribution in [3.63, 3.8) is 0 Å². The summed E-state index contributed by atoms with van der Waals surface area (Å²) in [4.78, 5) is 12.1. The van der Waals surface area contributed by atoms with Crippen LogP contribution in [-0.2, 0) is 28.5 Å². The van der Waals surface area contributed by atoms with Gasteiger partial charge in [0.1, 0.15) is 24.4 Å². The molecule has 2 saturated heterocycles. The quantitative estimate of drug-likeness (QED) is 0.320. The largest absolute Gasteiger partial charge is 0.471 e. The molecule has 0 aromatic rings. The Morgan fingerprint density at radius 2 is 2.00 bits per heavy atom. The summed E-state index contributed by atoms with van der Waals surface area (Å²) in [6.07, 6.45) is -5.65. The number of methoxy groups -OCH3 is 1. The topological polar surface area (TPSA) is 144 Å². The second kappa shape index (κ2) is 8.23. The predicted octanol–water partition coefficient (Wildman–Crippen LogP) is -1.62. The number of aliphatic hydroxyl groups is 4. The van der Waals surface area contributed by atoms with Crippen molar-refractivity contribution in [2.75, 3.05) is 13.7 Å². The van der Waals surface area contributed by atoms with E-state index < -0.39 is 61.8 Å². The second-order valence-corrected chi connectivity index (χ2v) is 6.64. The molecule has 10 nitrogen and oxygen atoms in total. The first kappa shape index (κ1) is 20.2. The fourth-order valence-corrected chi connectivity index (χ4v) is 3.50. The zero-order valence-electron chi connectivity index (χ0n) is 14.7. The molecule has 3 rings (SSSR count). The van der Waals surface area contributed by atoms with E-state index in [0.29, 0.717) is 12.0 Å². The smallest absolute Gasteiger partial charge is 0.339 e. The fourth-order valence-electron chi connectivity index (χ4n) is 3.50. The van der Waals surface area contributed by atoms with E-state index in [1.54, 1.807) is 6.08 Å². The number of hydrogen-bond acceptors (Lipinski definition) is 10. The molecule has 3 aliphatic rings. The molecule has 0 aliphatic carbocycles. The van der Waals surface area contributed by atoms with Gasteiger partial charge >= 0.3 is 5.97 Å². The van der Waals surface area contributed by atoms with Crippen LogP contribution in [0.4, 0.5) is 0 Å². The summed E-state index contributed by atoms with van der Waals surface area (Å²) >= 11 is 0. The van der Waals surface area contributed by atoms with Crippen molar-refractivity contribution in [3.8, 4) is 0 Å². The Morgan fingerprint density at radius 3 is 2.63 bits per heavy atom. The average Bonchev–Trinajstić information content (AvgIpc) is 2.67. The van der Waals surface area contributed by atoms with E-state index in [1.165, 1.54) is 13.4 Å². The molecule has 0 aromatic heterocycles. The summed E-state index contributed by atoms with van der Waals surface area (Å²) in [5.41, 5.74) is 0.321. The minimum atomic E-state index is -1.57. The van der Waals surface area contributed by atoms with Gasteiger partial charge in [0.05, 0.1) is 18.4 Å². The van der Waals surface area contributed by atoms with E-state index in [0.717, 1.165) is 0 Å². The van der Waals surface area contributed by atoms with E-state index in [1.807, 2.05) is 0 Å². The minimum absolute atomic E-state index is 0.321. The van der Waals surface area contributed by atoms with Gasteiger partial charge in [0.15, 0.2) is 6.29 Å². The number of ether oxygens (including phenoxy) is 5. The maximum Gasteiger partial charge on any atom is 0.339 e. The molecule has 0 amide bonds. The van der Waals surface area contributed by atoms with E-state index in [9.17, 15) is 25.2 Å². The Hall–Kier alpha value is -1.53. The normalized spacial score (nSPS) is 44.6. The summed E-state index contributed by atoms with van der Waals surface area (Å²) in [5.74, 6) is -1.41. The van der Waals surface area contributed by atoms with Gasteiger partial charge in [-0.25, -0.2) is 4.79 Å². The predicted molar refractivity (Wildman–Crippen MR) is 86.5 cm³/mol. The van der Waals surface area contributed by atoms with E-state index in [4.69, 9.17) is 23.7 Å². The highest BCUT2D eigenvalue weighted by atomic mass is 16.8. The SMILES string of the molecule is C=C[C@H]1[C@H](O[C@@H]2O[C@H](CO)[C@@H](O)[C@H](O)[C@H]2O)OC=C2C(=O)O[C@H](OC)C[C@@H]21. The summed E-state index contributed by atoms with van der Waals surface area (Å²) in [6.45, 7) is 3.18. The van der Waals surface area contributed by atoms with Crippen LogP contribution in [0.2, 0.25) is 0 Å². The summed E-state index contributed by atoms with van der Waals surface area (Å²) in [6, 6.07) is 0. The molecule has 3 aliphatic heterocycles. The minimum Gasteiger partial charge on any atom is -0.471 e. The molecule has 3 heterocycles. The second-order valence-electron chi connectivity index (χ2n) is 6.64. The van der Waals surface area contributed by atoms with Crippen LogP contribution in [0, 0.1) is 11.8 Å². The van der Waals surface area contributed by atoms with Crippen molar-refractivity contribution in [2.24, 2.45) is 11.8 Å². The highest BCUT2D eigenvalue weighted by Gasteiger charge is 2.49. The Labute approximate surface area is 155 Å². The number of rotatable bonds is 5. The number of carbonyl (C=O) groups is 1. The van der Waals surface area contributed by atoms with Crippen molar-refractivity contribution in [2.45, 2.75) is 49.7 Å². The summed E-state index contributed by atoms with van der Waals surface area (Å²) in [7, 11) is 1.43. The van der Waals surface area contributed by atoms with Crippen LogP contribution < -0.4 is 0 Å². The highest BCUT2D eigenvalue weighted by Crippen LogP contribution is 2.40. The Bertz CT molecular complexity index is 590. The van der Waals surface area contributed by atoms with Crippen LogP contribution in [0.5, 0.6) is 0 Å². The van der Waals surface area contributed by atoms with Gasteiger partial charge in [-0.1, -0.05) is 6.08 Å². The maximum absolute atomic E-state index is 12.1. The average molecular weight is 388 g/mol. The lowest BCUT2D eigenvalue weighted by atomic mass is 9.80. The Balaban J connectivity index is 1.77. The van der Waals surface area contributed by atoms with Gasteiger partial charge in [-0.05, 0) is 0 Å². The standard InChI is InChI=1S/C17H24O10/c1-3-7-8-4-11(23-2)26-15(22)9(8)6-24-16(7)27-17-14(21)13(20)12(19)10(5-18)25-17/h3,6-8,10-14,16-21H,1,4-5H2,2H3/t7-,8-,10-,11+,12-,13+,14-,16+,17+/m1/s1. The van der Waals surface area contributed by atoms with Crippen LogP contribution in [0.1, 0.15) is 6.42 Å². The summed E-state index contributed by atoms with van der Waals surface area (Å²) < 4.78 is 26.7. The van der Waals surface area contributed by atoms with Crippen LogP contribution in [0.15, 0.2) is 24.5 Å². The number of fused-ring (bicyclic) bond motifs is 1. The molecule has 0 unspecified atom stereocenters. The zero-order valence-corrected chi connectivity index (χ0v) is 14.7. The molecular weight excluding hydrogens is 364 g/mol. The monoisotopic (exact) mass is 388 g/mol. The van der Waals surface area contributed by atoms with Gasteiger partial charge in [0.25, 0.3) is 0 Å². The number of cyclic esters (lactones) is 1. The Morgan fingerprint density at radius 1 is 1.26 bits per heavy atom. The lowest BCUT2D eigenvalue weighted by Gasteiger charge is -2.44. The van der Waals surface area contributed by atoms with Crippen LogP contribution in [0.25, 0.3) is 0 Å². The molecule has 0 bridgehead atoms. The van der Waals surface area contributed by atoms with Crippen molar-refractivity contribution in [3.05, 3.63) is 24.5 Å². The van der Waals surface area contributed by atoms with Crippen LogP contribution in [-0.4, -0.2) is 83.4 Å². The number of hydrogen-bond donors (Lipinski definition) is 4. The molecule has 10 heteroatoms. The summed E-state index contributed by atoms with van der Waals surface area (Å²) in [5, 5.41) is 39.1. The van der Waals surface area contributed by atoms with Crippen molar-refractivity contribution < 1.29 is 48.9 Å².